The van der Waals surface area contributed by atoms with Gasteiger partial charge in [0.1, 0.15) is 4.32 Å². The molecule has 0 radical (unpaired) electrons. The summed E-state index contributed by atoms with van der Waals surface area (Å²) in [6.45, 7) is 0.116. The molecule has 1 aliphatic carbocycles. The molecule has 5 nitrogen and oxygen atoms in total. The van der Waals surface area contributed by atoms with Crippen LogP contribution in [0.3, 0.4) is 0 Å². The molecule has 0 aliphatic heterocycles. The molecule has 1 fully saturated rings. The van der Waals surface area contributed by atoms with E-state index in [1.165, 1.54) is 16.7 Å². The highest BCUT2D eigenvalue weighted by Gasteiger charge is 2.24. The quantitative estimate of drug-likeness (QED) is 0.738. The fraction of sp³-hybridized carbons (Fsp3) is 0.727. The minimum Gasteiger partial charge on any atom is -0.364 e. The Kier molecular flexibility index (Phi) is 5.87. The Bertz CT molecular complexity index is 343. The third-order valence-corrected chi connectivity index (χ3v) is 4.16. The molecule has 0 aromatic heterocycles. The Balaban J connectivity index is 2.23. The maximum Gasteiger partial charge on any atom is 0.239 e. The molecule has 0 atom stereocenters. The lowest BCUT2D eigenvalue weighted by molar-refractivity contribution is -0.132. The molecule has 102 valence electrons. The first-order valence-electron chi connectivity index (χ1n) is 5.77. The van der Waals surface area contributed by atoms with Crippen molar-refractivity contribution in [2.75, 3.05) is 33.4 Å². The van der Waals surface area contributed by atoms with Gasteiger partial charge in [-0.05, 0) is 12.8 Å². The molecule has 0 aromatic carbocycles. The van der Waals surface area contributed by atoms with Gasteiger partial charge in [-0.2, -0.15) is 0 Å². The van der Waals surface area contributed by atoms with Crippen LogP contribution in [0.4, 0.5) is 0 Å². The SMILES string of the molecule is CN(C)C(=S)SCC(=O)N(C)CC(=O)NC1CC1. The van der Waals surface area contributed by atoms with Crippen LogP contribution in [-0.4, -0.2) is 65.4 Å². The highest BCUT2D eigenvalue weighted by atomic mass is 32.2. The van der Waals surface area contributed by atoms with Crippen molar-refractivity contribution >= 4 is 40.1 Å². The van der Waals surface area contributed by atoms with E-state index in [0.29, 0.717) is 10.4 Å². The van der Waals surface area contributed by atoms with Gasteiger partial charge in [0.15, 0.2) is 0 Å². The topological polar surface area (TPSA) is 52.7 Å². The number of rotatable bonds is 5. The number of amides is 2. The Morgan fingerprint density at radius 1 is 1.33 bits per heavy atom. The van der Waals surface area contributed by atoms with Gasteiger partial charge in [0, 0.05) is 27.2 Å². The zero-order valence-electron chi connectivity index (χ0n) is 10.9. The van der Waals surface area contributed by atoms with E-state index in [0.717, 1.165) is 12.8 Å². The zero-order valence-corrected chi connectivity index (χ0v) is 12.6. The van der Waals surface area contributed by atoms with Crippen LogP contribution in [0.1, 0.15) is 12.8 Å². The summed E-state index contributed by atoms with van der Waals surface area (Å²) in [7, 11) is 5.31. The normalized spacial score (nSPS) is 13.9. The predicted molar refractivity (Wildman–Crippen MR) is 77.5 cm³/mol. The Morgan fingerprint density at radius 2 is 1.94 bits per heavy atom. The summed E-state index contributed by atoms with van der Waals surface area (Å²) in [5, 5.41) is 2.85. The minimum absolute atomic E-state index is 0.0878. The first-order chi connectivity index (χ1) is 8.40. The number of hydrogen-bond acceptors (Lipinski definition) is 4. The van der Waals surface area contributed by atoms with Crippen LogP contribution in [0, 0.1) is 0 Å². The lowest BCUT2D eigenvalue weighted by Gasteiger charge is -2.18. The Morgan fingerprint density at radius 3 is 2.44 bits per heavy atom. The number of thioether (sulfide) groups is 1. The molecular formula is C11H19N3O2S2. The molecule has 0 bridgehead atoms. The second-order valence-electron chi connectivity index (χ2n) is 4.54. The van der Waals surface area contributed by atoms with Crippen LogP contribution in [0.25, 0.3) is 0 Å². The molecule has 1 aliphatic rings. The van der Waals surface area contributed by atoms with Crippen molar-refractivity contribution in [3.63, 3.8) is 0 Å². The molecule has 0 saturated heterocycles. The lowest BCUT2D eigenvalue weighted by Crippen LogP contribution is -2.40. The summed E-state index contributed by atoms with van der Waals surface area (Å²) < 4.78 is 0.666. The highest BCUT2D eigenvalue weighted by molar-refractivity contribution is 8.23. The largest absolute Gasteiger partial charge is 0.364 e. The van der Waals surface area contributed by atoms with Crippen molar-refractivity contribution in [2.45, 2.75) is 18.9 Å². The highest BCUT2D eigenvalue weighted by Crippen LogP contribution is 2.18. The van der Waals surface area contributed by atoms with Gasteiger partial charge in [0.05, 0.1) is 12.3 Å². The van der Waals surface area contributed by atoms with E-state index >= 15 is 0 Å². The molecule has 0 heterocycles. The molecule has 1 rings (SSSR count). The third kappa shape index (κ3) is 5.68. The van der Waals surface area contributed by atoms with Gasteiger partial charge < -0.3 is 15.1 Å². The van der Waals surface area contributed by atoms with Crippen molar-refractivity contribution in [3.05, 3.63) is 0 Å². The van der Waals surface area contributed by atoms with Gasteiger partial charge in [-0.15, -0.1) is 0 Å². The molecule has 18 heavy (non-hydrogen) atoms. The van der Waals surface area contributed by atoms with Gasteiger partial charge in [-0.3, -0.25) is 9.59 Å². The van der Waals surface area contributed by atoms with E-state index in [4.69, 9.17) is 12.2 Å². The molecular weight excluding hydrogens is 270 g/mol. The van der Waals surface area contributed by atoms with Crippen LogP contribution >= 0.6 is 24.0 Å². The van der Waals surface area contributed by atoms with Crippen molar-refractivity contribution in [1.29, 1.82) is 0 Å². The molecule has 2 amide bonds. The van der Waals surface area contributed by atoms with Gasteiger partial charge in [-0.25, -0.2) is 0 Å². The first-order valence-corrected chi connectivity index (χ1v) is 7.17. The standard InChI is InChI=1S/C11H19N3O2S2/c1-13(2)11(17)18-7-10(16)14(3)6-9(15)12-8-4-5-8/h8H,4-7H2,1-3H3,(H,12,15). The molecule has 0 aromatic rings. The molecule has 1 saturated carbocycles. The Hall–Kier alpha value is -0.820. The van der Waals surface area contributed by atoms with Gasteiger partial charge >= 0.3 is 0 Å². The number of hydrogen-bond donors (Lipinski definition) is 1. The smallest absolute Gasteiger partial charge is 0.239 e. The number of likely N-dealkylation sites (N-methyl/N-ethyl adjacent to an activating group) is 1. The molecule has 1 N–H and O–H groups in total. The number of nitrogens with one attached hydrogen (secondary N) is 1. The predicted octanol–water partition coefficient (Wildman–Crippen LogP) is 0.303. The average molecular weight is 289 g/mol. The van der Waals surface area contributed by atoms with E-state index in [1.807, 2.05) is 14.1 Å². The van der Waals surface area contributed by atoms with Crippen molar-refractivity contribution < 1.29 is 9.59 Å². The minimum atomic E-state index is -0.0893. The second kappa shape index (κ2) is 6.94. The lowest BCUT2D eigenvalue weighted by atomic mass is 10.5. The Labute approximate surface area is 117 Å². The van der Waals surface area contributed by atoms with E-state index in [1.54, 1.807) is 11.9 Å². The van der Waals surface area contributed by atoms with Crippen LogP contribution in [-0.2, 0) is 9.59 Å². The van der Waals surface area contributed by atoms with Crippen LogP contribution in [0.5, 0.6) is 0 Å². The number of nitrogens with zero attached hydrogens (tertiary/aromatic N) is 2. The monoisotopic (exact) mass is 289 g/mol. The van der Waals surface area contributed by atoms with Crippen molar-refractivity contribution in [3.8, 4) is 0 Å². The molecule has 0 spiro atoms. The average Bonchev–Trinajstić information content (AvgIpc) is 3.08. The summed E-state index contributed by atoms with van der Waals surface area (Å²) >= 11 is 6.38. The van der Waals surface area contributed by atoms with E-state index in [9.17, 15) is 9.59 Å². The number of carbonyl (C=O) groups is 2. The van der Waals surface area contributed by atoms with Gasteiger partial charge in [0.2, 0.25) is 11.8 Å². The van der Waals surface area contributed by atoms with Crippen molar-refractivity contribution in [2.24, 2.45) is 0 Å². The molecule has 7 heteroatoms. The zero-order chi connectivity index (χ0) is 13.7. The first kappa shape index (κ1) is 15.2. The van der Waals surface area contributed by atoms with E-state index in [-0.39, 0.29) is 24.1 Å². The van der Waals surface area contributed by atoms with Crippen molar-refractivity contribution in [1.82, 2.24) is 15.1 Å². The summed E-state index contributed by atoms with van der Waals surface area (Å²) in [4.78, 5) is 26.5. The summed E-state index contributed by atoms with van der Waals surface area (Å²) in [5.74, 6) is 0.0909. The number of thiocarbonyl (C=S) groups is 1. The third-order valence-electron chi connectivity index (χ3n) is 2.43. The van der Waals surface area contributed by atoms with E-state index in [2.05, 4.69) is 5.32 Å². The van der Waals surface area contributed by atoms with Crippen LogP contribution in [0.2, 0.25) is 0 Å². The maximum absolute atomic E-state index is 11.8. The fourth-order valence-corrected chi connectivity index (χ4v) is 2.07. The van der Waals surface area contributed by atoms with Gasteiger partial charge in [-0.1, -0.05) is 24.0 Å². The van der Waals surface area contributed by atoms with E-state index < -0.39 is 0 Å². The molecule has 0 unspecified atom stereocenters. The van der Waals surface area contributed by atoms with Crippen LogP contribution < -0.4 is 5.32 Å². The summed E-state index contributed by atoms with van der Waals surface area (Å²) in [6, 6.07) is 0.330. The second-order valence-corrected chi connectivity index (χ2v) is 6.15. The van der Waals surface area contributed by atoms with Crippen LogP contribution in [0.15, 0.2) is 0 Å². The maximum atomic E-state index is 11.8. The summed E-state index contributed by atoms with van der Waals surface area (Å²) in [5.41, 5.74) is 0. The fourth-order valence-electron chi connectivity index (χ4n) is 1.17. The van der Waals surface area contributed by atoms with Gasteiger partial charge in [0.25, 0.3) is 0 Å². The number of carbonyl (C=O) groups excluding carboxylic acids is 2. The summed E-state index contributed by atoms with van der Waals surface area (Å²) in [6.07, 6.45) is 2.10.